The van der Waals surface area contributed by atoms with Gasteiger partial charge in [0.05, 0.1) is 0 Å². The second-order valence-corrected chi connectivity index (χ2v) is 4.65. The molecule has 0 unspecified atom stereocenters. The summed E-state index contributed by atoms with van der Waals surface area (Å²) in [5.74, 6) is -0.0486. The van der Waals surface area contributed by atoms with Crippen LogP contribution in [0.4, 0.5) is 5.69 Å². The first-order valence-electron chi connectivity index (χ1n) is 7.04. The van der Waals surface area contributed by atoms with Crippen LogP contribution in [-0.4, -0.2) is 10.9 Å². The van der Waals surface area contributed by atoms with Crippen LogP contribution in [0.5, 0.6) is 0 Å². The van der Waals surface area contributed by atoms with Gasteiger partial charge in [0.2, 0.25) is 5.91 Å². The molecule has 2 aromatic carbocycles. The molecule has 1 N–H and O–H groups in total. The van der Waals surface area contributed by atoms with Gasteiger partial charge in [0.25, 0.3) is 0 Å². The minimum Gasteiger partial charge on any atom is -0.326 e. The Morgan fingerprint density at radius 1 is 0.773 bits per heavy atom. The van der Waals surface area contributed by atoms with Gasteiger partial charge in [-0.05, 0) is 35.4 Å². The third-order valence-electron chi connectivity index (χ3n) is 2.88. The van der Waals surface area contributed by atoms with Crippen LogP contribution in [0, 0.1) is 0 Å². The van der Waals surface area contributed by atoms with E-state index in [1.807, 2.05) is 60.7 Å². The number of benzene rings is 2. The van der Waals surface area contributed by atoms with E-state index in [1.54, 1.807) is 12.4 Å². The summed E-state index contributed by atoms with van der Waals surface area (Å²) in [6.07, 6.45) is 3.50. The Labute approximate surface area is 130 Å². The SMILES string of the molecule is CC(=O)Nc1ccc(-c2ccccc2)cc1.c1ccncc1. The van der Waals surface area contributed by atoms with Gasteiger partial charge in [-0.1, -0.05) is 48.5 Å². The van der Waals surface area contributed by atoms with Crippen molar-refractivity contribution in [2.75, 3.05) is 5.32 Å². The van der Waals surface area contributed by atoms with E-state index in [4.69, 9.17) is 0 Å². The van der Waals surface area contributed by atoms with Gasteiger partial charge in [0.15, 0.2) is 0 Å². The normalized spacial score (nSPS) is 9.32. The second-order valence-electron chi connectivity index (χ2n) is 4.65. The summed E-state index contributed by atoms with van der Waals surface area (Å²) in [6.45, 7) is 1.51. The molecule has 0 fully saturated rings. The number of pyridine rings is 1. The van der Waals surface area contributed by atoms with E-state index in [0.29, 0.717) is 0 Å². The summed E-state index contributed by atoms with van der Waals surface area (Å²) in [4.78, 5) is 14.6. The minimum absolute atomic E-state index is 0.0486. The molecular weight excluding hydrogens is 272 g/mol. The van der Waals surface area contributed by atoms with Crippen molar-refractivity contribution in [1.29, 1.82) is 0 Å². The zero-order valence-corrected chi connectivity index (χ0v) is 12.4. The van der Waals surface area contributed by atoms with Crippen molar-refractivity contribution in [3.05, 3.63) is 85.2 Å². The quantitative estimate of drug-likeness (QED) is 0.760. The zero-order valence-electron chi connectivity index (χ0n) is 12.4. The molecule has 0 saturated heterocycles. The van der Waals surface area contributed by atoms with Gasteiger partial charge in [-0.15, -0.1) is 0 Å². The monoisotopic (exact) mass is 290 g/mol. The van der Waals surface area contributed by atoms with E-state index < -0.39 is 0 Å². The van der Waals surface area contributed by atoms with Crippen molar-refractivity contribution in [1.82, 2.24) is 4.98 Å². The highest BCUT2D eigenvalue weighted by molar-refractivity contribution is 5.88. The predicted molar refractivity (Wildman–Crippen MR) is 90.4 cm³/mol. The second kappa shape index (κ2) is 8.37. The molecule has 3 aromatic rings. The molecule has 0 aliphatic heterocycles. The number of hydrogen-bond acceptors (Lipinski definition) is 2. The fourth-order valence-corrected chi connectivity index (χ4v) is 1.89. The van der Waals surface area contributed by atoms with Crippen LogP contribution < -0.4 is 5.32 Å². The Kier molecular flexibility index (Phi) is 5.88. The van der Waals surface area contributed by atoms with Crippen molar-refractivity contribution >= 4 is 11.6 Å². The molecule has 3 rings (SSSR count). The highest BCUT2D eigenvalue weighted by Crippen LogP contribution is 2.20. The number of nitrogens with one attached hydrogen (secondary N) is 1. The number of nitrogens with zero attached hydrogens (tertiary/aromatic N) is 1. The number of aromatic nitrogens is 1. The highest BCUT2D eigenvalue weighted by atomic mass is 16.1. The van der Waals surface area contributed by atoms with Gasteiger partial charge in [-0.3, -0.25) is 9.78 Å². The molecule has 0 bridgehead atoms. The molecule has 0 aliphatic carbocycles. The first-order chi connectivity index (χ1) is 10.8. The third kappa shape index (κ3) is 5.21. The van der Waals surface area contributed by atoms with Crippen LogP contribution in [0.25, 0.3) is 11.1 Å². The molecular formula is C19H18N2O. The van der Waals surface area contributed by atoms with Gasteiger partial charge < -0.3 is 5.32 Å². The summed E-state index contributed by atoms with van der Waals surface area (Å²) < 4.78 is 0. The van der Waals surface area contributed by atoms with E-state index in [1.165, 1.54) is 12.5 Å². The van der Waals surface area contributed by atoms with E-state index in [0.717, 1.165) is 11.3 Å². The fourth-order valence-electron chi connectivity index (χ4n) is 1.89. The molecule has 3 nitrogen and oxygen atoms in total. The summed E-state index contributed by atoms with van der Waals surface area (Å²) in [6, 6.07) is 23.7. The molecule has 22 heavy (non-hydrogen) atoms. The molecule has 1 amide bonds. The molecule has 0 radical (unpaired) electrons. The van der Waals surface area contributed by atoms with E-state index >= 15 is 0 Å². The summed E-state index contributed by atoms with van der Waals surface area (Å²) in [7, 11) is 0. The maximum atomic E-state index is 10.9. The Balaban J connectivity index is 0.000000246. The first kappa shape index (κ1) is 15.4. The number of carbonyl (C=O) groups is 1. The molecule has 3 heteroatoms. The van der Waals surface area contributed by atoms with E-state index in [2.05, 4.69) is 22.4 Å². The lowest BCUT2D eigenvalue weighted by Crippen LogP contribution is -2.05. The average molecular weight is 290 g/mol. The van der Waals surface area contributed by atoms with Gasteiger partial charge in [0.1, 0.15) is 0 Å². The zero-order chi connectivity index (χ0) is 15.6. The molecule has 0 saturated carbocycles. The molecule has 0 aliphatic rings. The van der Waals surface area contributed by atoms with E-state index in [9.17, 15) is 4.79 Å². The van der Waals surface area contributed by atoms with E-state index in [-0.39, 0.29) is 5.91 Å². The molecule has 110 valence electrons. The largest absolute Gasteiger partial charge is 0.326 e. The Morgan fingerprint density at radius 2 is 1.32 bits per heavy atom. The molecule has 0 spiro atoms. The lowest BCUT2D eigenvalue weighted by Gasteiger charge is -2.04. The first-order valence-corrected chi connectivity index (χ1v) is 7.04. The Bertz CT molecular complexity index is 653. The van der Waals surface area contributed by atoms with Gasteiger partial charge >= 0.3 is 0 Å². The lowest BCUT2D eigenvalue weighted by molar-refractivity contribution is -0.114. The number of anilines is 1. The molecule has 0 atom stereocenters. The van der Waals surface area contributed by atoms with Crippen molar-refractivity contribution in [2.24, 2.45) is 0 Å². The van der Waals surface area contributed by atoms with Crippen molar-refractivity contribution in [3.63, 3.8) is 0 Å². The van der Waals surface area contributed by atoms with Crippen molar-refractivity contribution < 1.29 is 4.79 Å². The summed E-state index contributed by atoms with van der Waals surface area (Å²) in [5, 5.41) is 2.74. The molecule has 1 aromatic heterocycles. The molecule has 1 heterocycles. The third-order valence-corrected chi connectivity index (χ3v) is 2.88. The van der Waals surface area contributed by atoms with Crippen LogP contribution in [0.15, 0.2) is 85.2 Å². The fraction of sp³-hybridized carbons (Fsp3) is 0.0526. The van der Waals surface area contributed by atoms with Crippen LogP contribution >= 0.6 is 0 Å². The maximum absolute atomic E-state index is 10.9. The van der Waals surface area contributed by atoms with Crippen LogP contribution in [0.2, 0.25) is 0 Å². The minimum atomic E-state index is -0.0486. The predicted octanol–water partition coefficient (Wildman–Crippen LogP) is 4.39. The number of carbonyl (C=O) groups excluding carboxylic acids is 1. The maximum Gasteiger partial charge on any atom is 0.221 e. The average Bonchev–Trinajstić information content (AvgIpc) is 2.58. The number of rotatable bonds is 2. The number of hydrogen-bond donors (Lipinski definition) is 1. The highest BCUT2D eigenvalue weighted by Gasteiger charge is 1.98. The summed E-state index contributed by atoms with van der Waals surface area (Å²) in [5.41, 5.74) is 3.15. The van der Waals surface area contributed by atoms with Crippen LogP contribution in [-0.2, 0) is 4.79 Å². The number of amides is 1. The summed E-state index contributed by atoms with van der Waals surface area (Å²) >= 11 is 0. The Hall–Kier alpha value is -2.94. The Morgan fingerprint density at radius 3 is 1.77 bits per heavy atom. The van der Waals surface area contributed by atoms with Crippen molar-refractivity contribution in [2.45, 2.75) is 6.92 Å². The van der Waals surface area contributed by atoms with Crippen LogP contribution in [0.1, 0.15) is 6.92 Å². The van der Waals surface area contributed by atoms with Crippen molar-refractivity contribution in [3.8, 4) is 11.1 Å². The lowest BCUT2D eigenvalue weighted by atomic mass is 10.1. The standard InChI is InChI=1S/C14H13NO.C5H5N/c1-11(16)15-14-9-7-13(8-10-14)12-5-3-2-4-6-12;1-2-4-6-5-3-1/h2-10H,1H3,(H,15,16);1-5H. The van der Waals surface area contributed by atoms with Gasteiger partial charge in [0, 0.05) is 25.0 Å². The van der Waals surface area contributed by atoms with Gasteiger partial charge in [-0.2, -0.15) is 0 Å². The van der Waals surface area contributed by atoms with Gasteiger partial charge in [-0.25, -0.2) is 0 Å². The topological polar surface area (TPSA) is 42.0 Å². The van der Waals surface area contributed by atoms with Crippen LogP contribution in [0.3, 0.4) is 0 Å². The smallest absolute Gasteiger partial charge is 0.221 e.